The van der Waals surface area contributed by atoms with Gasteiger partial charge in [0.1, 0.15) is 5.76 Å². The summed E-state index contributed by atoms with van der Waals surface area (Å²) in [6.07, 6.45) is 0.207. The van der Waals surface area contributed by atoms with Crippen LogP contribution in [-0.4, -0.2) is 26.3 Å². The van der Waals surface area contributed by atoms with Crippen molar-refractivity contribution in [2.24, 2.45) is 10.8 Å². The molecule has 41 heavy (non-hydrogen) atoms. The van der Waals surface area contributed by atoms with Gasteiger partial charge in [-0.15, -0.1) is 5.06 Å². The summed E-state index contributed by atoms with van der Waals surface area (Å²) in [5, 5.41) is 2.15. The quantitative estimate of drug-likeness (QED) is 0.210. The molecule has 0 aromatic heterocycles. The number of benzene rings is 3. The first kappa shape index (κ1) is 29.8. The average molecular weight is 579 g/mol. The maximum absolute atomic E-state index is 13.7. The Morgan fingerprint density at radius 3 is 2.15 bits per heavy atom. The van der Waals surface area contributed by atoms with Crippen molar-refractivity contribution in [2.45, 2.75) is 59.8 Å². The molecule has 9 nitrogen and oxygen atoms in total. The van der Waals surface area contributed by atoms with E-state index in [0.29, 0.717) is 10.9 Å². The van der Waals surface area contributed by atoms with Gasteiger partial charge in [0.05, 0.1) is 32.7 Å². The Bertz CT molecular complexity index is 1690. The van der Waals surface area contributed by atoms with Gasteiger partial charge in [0, 0.05) is 17.4 Å². The lowest BCUT2D eigenvalue weighted by molar-refractivity contribution is -0.157. The molecule has 0 unspecified atom stereocenters. The maximum Gasteiger partial charge on any atom is 0.338 e. The molecule has 4 rings (SSSR count). The molecule has 1 amide bonds. The average Bonchev–Trinajstić information content (AvgIpc) is 3.15. The molecule has 0 atom stereocenters. The number of hydroxylamine groups is 1. The van der Waals surface area contributed by atoms with Gasteiger partial charge in [0.25, 0.3) is 15.9 Å². The number of sulfonamides is 1. The highest BCUT2D eigenvalue weighted by Crippen LogP contribution is 2.42. The topological polar surface area (TPSA) is 119 Å². The minimum absolute atomic E-state index is 0.0604. The van der Waals surface area contributed by atoms with Crippen LogP contribution < -0.4 is 9.79 Å². The molecule has 10 heteroatoms. The highest BCUT2D eigenvalue weighted by atomic mass is 32.2. The van der Waals surface area contributed by atoms with E-state index in [1.807, 2.05) is 18.2 Å². The number of esters is 1. The van der Waals surface area contributed by atoms with E-state index in [2.05, 4.69) is 4.72 Å². The summed E-state index contributed by atoms with van der Waals surface area (Å²) in [6.45, 7) is 11.8. The van der Waals surface area contributed by atoms with Crippen molar-refractivity contribution in [3.8, 4) is 0 Å². The van der Waals surface area contributed by atoms with E-state index in [-0.39, 0.29) is 34.0 Å². The van der Waals surface area contributed by atoms with E-state index in [1.165, 1.54) is 24.3 Å². The number of allylic oxidation sites excluding steroid dienone is 1. The Balaban J connectivity index is 1.81. The smallest absolute Gasteiger partial charge is 0.338 e. The molecule has 0 bridgehead atoms. The summed E-state index contributed by atoms with van der Waals surface area (Å²) in [5.41, 5.74) is -1.08. The first-order valence-corrected chi connectivity index (χ1v) is 14.7. The lowest BCUT2D eigenvalue weighted by Gasteiger charge is -2.22. The van der Waals surface area contributed by atoms with Crippen LogP contribution >= 0.6 is 0 Å². The van der Waals surface area contributed by atoms with Crippen molar-refractivity contribution >= 4 is 55.6 Å². The highest BCUT2D eigenvalue weighted by Gasteiger charge is 2.41. The first-order chi connectivity index (χ1) is 19.0. The highest BCUT2D eigenvalue weighted by molar-refractivity contribution is 7.93. The largest absolute Gasteiger partial charge is 0.430 e. The fourth-order valence-electron chi connectivity index (χ4n) is 4.09. The predicted octanol–water partition coefficient (Wildman–Crippen LogP) is 6.20. The van der Waals surface area contributed by atoms with Crippen LogP contribution in [0.1, 0.15) is 60.5 Å². The number of hydrogen-bond donors (Lipinski definition) is 1. The van der Waals surface area contributed by atoms with Crippen LogP contribution in [0.5, 0.6) is 0 Å². The van der Waals surface area contributed by atoms with E-state index < -0.39 is 38.7 Å². The standard InChI is InChI=1S/C31H34N2O7S/c1-8-24(39-28(35)30(2,3)4)26-22-17-16-20(18-23(22)33(27(26)34)40-29(36)31(5,6)7)32-41(37,38)25-15-11-13-19-12-9-10-14-21(19)25/h9-18,32H,8H2,1-7H3/b26-24-. The fourth-order valence-corrected chi connectivity index (χ4v) is 5.37. The van der Waals surface area contributed by atoms with Crippen LogP contribution in [0.25, 0.3) is 16.3 Å². The zero-order chi connectivity index (χ0) is 30.3. The SMILES string of the molecule is CC/C(OC(=O)C(C)(C)C)=C1/C(=O)N(OC(=O)C(C)(C)C)c2cc(NS(=O)(=O)c3cccc4ccccc34)ccc21. The third-order valence-electron chi connectivity index (χ3n) is 6.39. The van der Waals surface area contributed by atoms with Crippen LogP contribution in [0.4, 0.5) is 11.4 Å². The molecule has 0 radical (unpaired) electrons. The first-order valence-electron chi connectivity index (χ1n) is 13.2. The molecule has 1 heterocycles. The summed E-state index contributed by atoms with van der Waals surface area (Å²) in [4.78, 5) is 44.8. The van der Waals surface area contributed by atoms with Crippen molar-refractivity contribution in [1.29, 1.82) is 0 Å². The van der Waals surface area contributed by atoms with Crippen molar-refractivity contribution in [2.75, 3.05) is 9.79 Å². The summed E-state index contributed by atoms with van der Waals surface area (Å²) in [5.74, 6) is -1.79. The van der Waals surface area contributed by atoms with Gasteiger partial charge in [-0.1, -0.05) is 43.3 Å². The van der Waals surface area contributed by atoms with Crippen LogP contribution in [0.3, 0.4) is 0 Å². The van der Waals surface area contributed by atoms with Crippen molar-refractivity contribution < 1.29 is 32.4 Å². The van der Waals surface area contributed by atoms with Crippen molar-refractivity contribution in [1.82, 2.24) is 0 Å². The zero-order valence-electron chi connectivity index (χ0n) is 24.2. The lowest BCUT2D eigenvalue weighted by atomic mass is 9.97. The number of anilines is 2. The van der Waals surface area contributed by atoms with Crippen LogP contribution in [0.2, 0.25) is 0 Å². The second kappa shape index (κ2) is 10.7. The van der Waals surface area contributed by atoms with Gasteiger partial charge in [-0.3, -0.25) is 14.3 Å². The van der Waals surface area contributed by atoms with Gasteiger partial charge in [0.2, 0.25) is 0 Å². The number of ether oxygens (including phenoxy) is 1. The Kier molecular flexibility index (Phi) is 7.75. The Hall–Kier alpha value is -4.18. The van der Waals surface area contributed by atoms with Gasteiger partial charge in [0.15, 0.2) is 0 Å². The zero-order valence-corrected chi connectivity index (χ0v) is 25.0. The molecular formula is C31H34N2O7S. The van der Waals surface area contributed by atoms with Gasteiger partial charge < -0.3 is 9.57 Å². The summed E-state index contributed by atoms with van der Waals surface area (Å²) in [6, 6.07) is 16.6. The fraction of sp³-hybridized carbons (Fsp3) is 0.323. The van der Waals surface area contributed by atoms with Crippen LogP contribution in [0.15, 0.2) is 71.3 Å². The summed E-state index contributed by atoms with van der Waals surface area (Å²) < 4.78 is 35.1. The molecule has 1 aliphatic rings. The molecule has 3 aromatic carbocycles. The minimum Gasteiger partial charge on any atom is -0.430 e. The summed E-state index contributed by atoms with van der Waals surface area (Å²) in [7, 11) is -4.04. The monoisotopic (exact) mass is 578 g/mol. The van der Waals surface area contributed by atoms with Crippen LogP contribution in [0, 0.1) is 10.8 Å². The molecule has 0 saturated carbocycles. The van der Waals surface area contributed by atoms with Crippen LogP contribution in [-0.2, 0) is 34.0 Å². The molecule has 216 valence electrons. The van der Waals surface area contributed by atoms with E-state index in [1.54, 1.807) is 66.7 Å². The summed E-state index contributed by atoms with van der Waals surface area (Å²) >= 11 is 0. The maximum atomic E-state index is 13.7. The van der Waals surface area contributed by atoms with E-state index in [0.717, 1.165) is 10.4 Å². The minimum atomic E-state index is -4.04. The number of nitrogens with one attached hydrogen (secondary N) is 1. The third-order valence-corrected chi connectivity index (χ3v) is 7.83. The van der Waals surface area contributed by atoms with Gasteiger partial charge >= 0.3 is 11.9 Å². The Labute approximate surface area is 240 Å². The third kappa shape index (κ3) is 5.97. The Morgan fingerprint density at radius 1 is 0.878 bits per heavy atom. The molecule has 0 aliphatic carbocycles. The van der Waals surface area contributed by atoms with Crippen molar-refractivity contribution in [3.63, 3.8) is 0 Å². The number of hydrogen-bond acceptors (Lipinski definition) is 7. The van der Waals surface area contributed by atoms with E-state index >= 15 is 0 Å². The number of nitrogens with zero attached hydrogens (tertiary/aromatic N) is 1. The molecule has 0 fully saturated rings. The molecule has 1 N–H and O–H groups in total. The number of carbonyl (C=O) groups is 3. The number of fused-ring (bicyclic) bond motifs is 2. The van der Waals surface area contributed by atoms with E-state index in [4.69, 9.17) is 9.57 Å². The van der Waals surface area contributed by atoms with Gasteiger partial charge in [-0.05, 0) is 71.2 Å². The predicted molar refractivity (Wildman–Crippen MR) is 157 cm³/mol. The molecule has 3 aromatic rings. The second-order valence-corrected chi connectivity index (χ2v) is 13.5. The molecule has 0 saturated heterocycles. The lowest BCUT2D eigenvalue weighted by Crippen LogP contribution is -2.35. The molecule has 0 spiro atoms. The van der Waals surface area contributed by atoms with Crippen molar-refractivity contribution in [3.05, 3.63) is 72.0 Å². The normalized spacial score (nSPS) is 15.0. The number of carbonyl (C=O) groups excluding carboxylic acids is 3. The number of rotatable bonds is 6. The van der Waals surface area contributed by atoms with E-state index in [9.17, 15) is 22.8 Å². The molecule has 1 aliphatic heterocycles. The Morgan fingerprint density at radius 2 is 1.51 bits per heavy atom. The second-order valence-electron chi connectivity index (χ2n) is 11.8. The van der Waals surface area contributed by atoms with Gasteiger partial charge in [-0.25, -0.2) is 13.2 Å². The van der Waals surface area contributed by atoms with Gasteiger partial charge in [-0.2, -0.15) is 0 Å². The number of amides is 1. The molecular weight excluding hydrogens is 544 g/mol.